The second kappa shape index (κ2) is 8.28. The SMILES string of the molecule is CCCCC(CC)COc1ccc(-c2c[nH]c(N)c2C#N)cc1. The van der Waals surface area contributed by atoms with Gasteiger partial charge in [0.2, 0.25) is 0 Å². The first-order valence-corrected chi connectivity index (χ1v) is 8.29. The molecule has 0 aliphatic heterocycles. The van der Waals surface area contributed by atoms with Crippen LogP contribution in [0, 0.1) is 17.2 Å². The molecule has 1 atom stereocenters. The molecule has 2 rings (SSSR count). The van der Waals surface area contributed by atoms with E-state index in [9.17, 15) is 5.26 Å². The third-order valence-corrected chi connectivity index (χ3v) is 4.22. The molecule has 23 heavy (non-hydrogen) atoms. The van der Waals surface area contributed by atoms with Crippen LogP contribution in [0.2, 0.25) is 0 Å². The number of unbranched alkanes of at least 4 members (excludes halogenated alkanes) is 1. The Labute approximate surface area is 138 Å². The van der Waals surface area contributed by atoms with Crippen molar-refractivity contribution in [2.24, 2.45) is 5.92 Å². The van der Waals surface area contributed by atoms with Crippen LogP contribution in [0.4, 0.5) is 5.82 Å². The molecule has 0 aliphatic rings. The van der Waals surface area contributed by atoms with Crippen LogP contribution in [-0.2, 0) is 0 Å². The Hall–Kier alpha value is -2.41. The lowest BCUT2D eigenvalue weighted by atomic mass is 10.0. The first kappa shape index (κ1) is 17.0. The van der Waals surface area contributed by atoms with Crippen LogP contribution in [0.1, 0.15) is 45.1 Å². The van der Waals surface area contributed by atoms with Gasteiger partial charge in [-0.3, -0.25) is 0 Å². The lowest BCUT2D eigenvalue weighted by molar-refractivity contribution is 0.233. The number of nitrogens with one attached hydrogen (secondary N) is 1. The smallest absolute Gasteiger partial charge is 0.119 e. The molecular weight excluding hydrogens is 286 g/mol. The van der Waals surface area contributed by atoms with Gasteiger partial charge in [0.15, 0.2) is 0 Å². The maximum absolute atomic E-state index is 9.17. The lowest BCUT2D eigenvalue weighted by Crippen LogP contribution is -2.11. The van der Waals surface area contributed by atoms with Crippen molar-refractivity contribution in [3.05, 3.63) is 36.0 Å². The number of anilines is 1. The number of nitrogen functional groups attached to an aromatic ring is 1. The molecule has 0 radical (unpaired) electrons. The summed E-state index contributed by atoms with van der Waals surface area (Å²) >= 11 is 0. The van der Waals surface area contributed by atoms with Gasteiger partial charge < -0.3 is 15.5 Å². The normalized spacial score (nSPS) is 11.9. The number of nitriles is 1. The van der Waals surface area contributed by atoms with Crippen LogP contribution in [0.3, 0.4) is 0 Å². The van der Waals surface area contributed by atoms with E-state index in [-0.39, 0.29) is 0 Å². The minimum atomic E-state index is 0.407. The van der Waals surface area contributed by atoms with E-state index in [0.717, 1.165) is 29.9 Å². The molecule has 0 bridgehead atoms. The van der Waals surface area contributed by atoms with Gasteiger partial charge >= 0.3 is 0 Å². The lowest BCUT2D eigenvalue weighted by Gasteiger charge is -2.15. The number of ether oxygens (including phenoxy) is 1. The number of aromatic amines is 1. The molecule has 0 spiro atoms. The summed E-state index contributed by atoms with van der Waals surface area (Å²) in [6.45, 7) is 5.19. The van der Waals surface area contributed by atoms with E-state index in [0.29, 0.717) is 17.3 Å². The van der Waals surface area contributed by atoms with Gasteiger partial charge in [-0.2, -0.15) is 5.26 Å². The fraction of sp³-hybridized carbons (Fsp3) is 0.421. The summed E-state index contributed by atoms with van der Waals surface area (Å²) in [4.78, 5) is 2.89. The van der Waals surface area contributed by atoms with Gasteiger partial charge in [0.05, 0.1) is 6.61 Å². The number of benzene rings is 1. The highest BCUT2D eigenvalue weighted by atomic mass is 16.5. The van der Waals surface area contributed by atoms with Crippen LogP contribution in [0.15, 0.2) is 30.5 Å². The zero-order valence-electron chi connectivity index (χ0n) is 13.9. The number of hydrogen-bond acceptors (Lipinski definition) is 3. The highest BCUT2D eigenvalue weighted by Gasteiger charge is 2.11. The summed E-state index contributed by atoms with van der Waals surface area (Å²) in [5.41, 5.74) is 8.03. The quantitative estimate of drug-likeness (QED) is 0.740. The molecule has 0 aliphatic carbocycles. The Morgan fingerprint density at radius 2 is 2.00 bits per heavy atom. The molecule has 1 unspecified atom stereocenters. The number of H-pyrrole nitrogens is 1. The van der Waals surface area contributed by atoms with Crippen molar-refractivity contribution in [2.45, 2.75) is 39.5 Å². The average Bonchev–Trinajstić information content (AvgIpc) is 2.96. The minimum Gasteiger partial charge on any atom is -0.493 e. The van der Waals surface area contributed by atoms with E-state index < -0.39 is 0 Å². The summed E-state index contributed by atoms with van der Waals surface area (Å²) in [6, 6.07) is 9.97. The highest BCUT2D eigenvalue weighted by molar-refractivity contribution is 5.76. The molecule has 1 aromatic carbocycles. The molecule has 4 heteroatoms. The number of nitrogens with two attached hydrogens (primary N) is 1. The molecule has 4 nitrogen and oxygen atoms in total. The molecule has 122 valence electrons. The summed E-state index contributed by atoms with van der Waals surface area (Å²) < 4.78 is 5.91. The molecule has 1 heterocycles. The van der Waals surface area contributed by atoms with E-state index in [1.807, 2.05) is 24.3 Å². The van der Waals surface area contributed by atoms with Gasteiger partial charge in [0, 0.05) is 11.8 Å². The fourth-order valence-corrected chi connectivity index (χ4v) is 2.63. The summed E-state index contributed by atoms with van der Waals surface area (Å²) in [6.07, 6.45) is 6.62. The fourth-order valence-electron chi connectivity index (χ4n) is 2.63. The number of aromatic nitrogens is 1. The standard InChI is InChI=1S/C19H25N3O/c1-3-5-6-14(4-2)13-23-16-9-7-15(8-10-16)18-12-22-19(21)17(18)11-20/h7-10,12,14,22H,3-6,13,21H2,1-2H3. The first-order valence-electron chi connectivity index (χ1n) is 8.29. The van der Waals surface area contributed by atoms with Crippen molar-refractivity contribution < 1.29 is 4.74 Å². The van der Waals surface area contributed by atoms with Gasteiger partial charge in [-0.05, 0) is 30.0 Å². The Kier molecular flexibility index (Phi) is 6.10. The molecule has 2 aromatic rings. The number of rotatable bonds is 8. The Morgan fingerprint density at radius 3 is 2.61 bits per heavy atom. The van der Waals surface area contributed by atoms with Gasteiger partial charge in [-0.25, -0.2) is 0 Å². The minimum absolute atomic E-state index is 0.407. The molecular formula is C19H25N3O. The van der Waals surface area contributed by atoms with Crippen molar-refractivity contribution in [2.75, 3.05) is 12.3 Å². The Morgan fingerprint density at radius 1 is 1.26 bits per heavy atom. The van der Waals surface area contributed by atoms with Gasteiger partial charge in [0.25, 0.3) is 0 Å². The second-order valence-electron chi connectivity index (χ2n) is 5.85. The number of nitrogens with zero attached hydrogens (tertiary/aromatic N) is 1. The van der Waals surface area contributed by atoms with Crippen LogP contribution in [-0.4, -0.2) is 11.6 Å². The van der Waals surface area contributed by atoms with Crippen molar-refractivity contribution in [1.82, 2.24) is 4.98 Å². The molecule has 3 N–H and O–H groups in total. The predicted molar refractivity (Wildman–Crippen MR) is 94.2 cm³/mol. The van der Waals surface area contributed by atoms with E-state index in [1.54, 1.807) is 6.20 Å². The zero-order chi connectivity index (χ0) is 16.7. The monoisotopic (exact) mass is 311 g/mol. The van der Waals surface area contributed by atoms with Gasteiger partial charge in [-0.1, -0.05) is 45.2 Å². The van der Waals surface area contributed by atoms with Crippen molar-refractivity contribution in [1.29, 1.82) is 5.26 Å². The maximum Gasteiger partial charge on any atom is 0.119 e. The molecule has 0 fully saturated rings. The summed E-state index contributed by atoms with van der Waals surface area (Å²) in [7, 11) is 0. The van der Waals surface area contributed by atoms with E-state index in [1.165, 1.54) is 19.3 Å². The molecule has 0 saturated carbocycles. The largest absolute Gasteiger partial charge is 0.493 e. The van der Waals surface area contributed by atoms with E-state index in [2.05, 4.69) is 24.9 Å². The van der Waals surface area contributed by atoms with Crippen LogP contribution >= 0.6 is 0 Å². The van der Waals surface area contributed by atoms with Crippen LogP contribution in [0.25, 0.3) is 11.1 Å². The van der Waals surface area contributed by atoms with Crippen LogP contribution < -0.4 is 10.5 Å². The average molecular weight is 311 g/mol. The zero-order valence-corrected chi connectivity index (χ0v) is 13.9. The predicted octanol–water partition coefficient (Wildman–Crippen LogP) is 4.73. The van der Waals surface area contributed by atoms with Crippen molar-refractivity contribution >= 4 is 5.82 Å². The summed E-state index contributed by atoms with van der Waals surface area (Å²) in [5, 5.41) is 9.17. The molecule has 0 amide bonds. The second-order valence-corrected chi connectivity index (χ2v) is 5.85. The van der Waals surface area contributed by atoms with Crippen molar-refractivity contribution in [3.8, 4) is 22.9 Å². The third-order valence-electron chi connectivity index (χ3n) is 4.22. The molecule has 0 saturated heterocycles. The summed E-state index contributed by atoms with van der Waals surface area (Å²) in [5.74, 6) is 1.89. The third kappa shape index (κ3) is 4.29. The maximum atomic E-state index is 9.17. The van der Waals surface area contributed by atoms with Gasteiger partial charge in [-0.15, -0.1) is 0 Å². The Bertz CT molecular complexity index is 652. The van der Waals surface area contributed by atoms with Gasteiger partial charge in [0.1, 0.15) is 23.2 Å². The van der Waals surface area contributed by atoms with Crippen molar-refractivity contribution in [3.63, 3.8) is 0 Å². The first-order chi connectivity index (χ1) is 11.2. The number of hydrogen-bond donors (Lipinski definition) is 2. The Balaban J connectivity index is 2.01. The highest BCUT2D eigenvalue weighted by Crippen LogP contribution is 2.28. The topological polar surface area (TPSA) is 74.8 Å². The van der Waals surface area contributed by atoms with Crippen LogP contribution in [0.5, 0.6) is 5.75 Å². The van der Waals surface area contributed by atoms with E-state index >= 15 is 0 Å². The van der Waals surface area contributed by atoms with E-state index in [4.69, 9.17) is 10.5 Å². The molecule has 1 aromatic heterocycles.